The number of rotatable bonds is 7. The maximum Gasteiger partial charge on any atom is 0.241 e. The van der Waals surface area contributed by atoms with E-state index in [2.05, 4.69) is 16.4 Å². The monoisotopic (exact) mass is 311 g/mol. The average Bonchev–Trinajstić information content (AvgIpc) is 2.52. The van der Waals surface area contributed by atoms with Crippen LogP contribution < -0.4 is 5.32 Å². The molecule has 4 heteroatoms. The molecule has 0 saturated carbocycles. The molecule has 0 aliphatic heterocycles. The molecule has 0 radical (unpaired) electrons. The second-order valence-electron chi connectivity index (χ2n) is 6.03. The van der Waals surface area contributed by atoms with Gasteiger partial charge in [0, 0.05) is 18.9 Å². The fourth-order valence-corrected chi connectivity index (χ4v) is 2.67. The first-order valence-corrected chi connectivity index (χ1v) is 7.97. The number of nitrogens with zero attached hydrogens (tertiary/aromatic N) is 2. The first kappa shape index (κ1) is 17.2. The number of nitrogens with one attached hydrogen (secondary N) is 1. The van der Waals surface area contributed by atoms with E-state index in [1.54, 1.807) is 12.4 Å². The molecular formula is C19H25N3O. The second-order valence-corrected chi connectivity index (χ2v) is 6.03. The number of carbonyl (C=O) groups is 1. The molecule has 1 N–H and O–H groups in total. The van der Waals surface area contributed by atoms with Crippen LogP contribution in [0.5, 0.6) is 0 Å². The van der Waals surface area contributed by atoms with E-state index in [0.717, 1.165) is 18.4 Å². The molecule has 0 aliphatic carbocycles. The van der Waals surface area contributed by atoms with Crippen molar-refractivity contribution in [3.63, 3.8) is 0 Å². The van der Waals surface area contributed by atoms with E-state index >= 15 is 0 Å². The Morgan fingerprint density at radius 3 is 2.61 bits per heavy atom. The van der Waals surface area contributed by atoms with Gasteiger partial charge in [-0.2, -0.15) is 0 Å². The highest BCUT2D eigenvalue weighted by molar-refractivity contribution is 5.83. The lowest BCUT2D eigenvalue weighted by Gasteiger charge is -2.24. The summed E-state index contributed by atoms with van der Waals surface area (Å²) in [6, 6.07) is 11.9. The van der Waals surface area contributed by atoms with Gasteiger partial charge in [0.1, 0.15) is 6.04 Å². The standard InChI is InChI=1S/C19H25N3O/c1-15-6-4-8-17(14-15)18(22(2)3)19(23)21-11-5-7-16-9-12-20-13-10-16/h4,6,8-10,12-14,18H,5,7,11H2,1-3H3,(H,21,23)/t18-/m0/s1. The van der Waals surface area contributed by atoms with Crippen LogP contribution in [0.3, 0.4) is 0 Å². The molecule has 1 amide bonds. The Morgan fingerprint density at radius 2 is 1.96 bits per heavy atom. The molecule has 0 bridgehead atoms. The molecule has 1 heterocycles. The zero-order valence-electron chi connectivity index (χ0n) is 14.1. The predicted octanol–water partition coefficient (Wildman–Crippen LogP) is 2.74. The first-order valence-electron chi connectivity index (χ1n) is 7.97. The Labute approximate surface area is 138 Å². The van der Waals surface area contributed by atoms with Gasteiger partial charge >= 0.3 is 0 Å². The highest BCUT2D eigenvalue weighted by Crippen LogP contribution is 2.19. The number of aromatic nitrogens is 1. The summed E-state index contributed by atoms with van der Waals surface area (Å²) in [7, 11) is 3.87. The Balaban J connectivity index is 1.89. The van der Waals surface area contributed by atoms with Crippen molar-refractivity contribution in [1.29, 1.82) is 0 Å². The van der Waals surface area contributed by atoms with Crippen LogP contribution in [0.2, 0.25) is 0 Å². The van der Waals surface area contributed by atoms with Crippen LogP contribution in [-0.4, -0.2) is 36.4 Å². The van der Waals surface area contributed by atoms with Gasteiger partial charge in [0.2, 0.25) is 5.91 Å². The van der Waals surface area contributed by atoms with Crippen LogP contribution >= 0.6 is 0 Å². The largest absolute Gasteiger partial charge is 0.354 e. The van der Waals surface area contributed by atoms with Crippen molar-refractivity contribution < 1.29 is 4.79 Å². The van der Waals surface area contributed by atoms with Crippen LogP contribution in [-0.2, 0) is 11.2 Å². The third-order valence-corrected chi connectivity index (χ3v) is 3.81. The van der Waals surface area contributed by atoms with Crippen LogP contribution in [0, 0.1) is 6.92 Å². The zero-order valence-corrected chi connectivity index (χ0v) is 14.1. The average molecular weight is 311 g/mol. The van der Waals surface area contributed by atoms with Gasteiger partial charge in [-0.1, -0.05) is 29.8 Å². The van der Waals surface area contributed by atoms with Gasteiger partial charge in [-0.3, -0.25) is 14.7 Å². The van der Waals surface area contributed by atoms with E-state index in [-0.39, 0.29) is 11.9 Å². The van der Waals surface area contributed by atoms with Crippen molar-refractivity contribution in [2.75, 3.05) is 20.6 Å². The summed E-state index contributed by atoms with van der Waals surface area (Å²) in [4.78, 5) is 18.5. The lowest BCUT2D eigenvalue weighted by atomic mass is 10.0. The molecular weight excluding hydrogens is 286 g/mol. The third-order valence-electron chi connectivity index (χ3n) is 3.81. The topological polar surface area (TPSA) is 45.2 Å². The van der Waals surface area contributed by atoms with Crippen LogP contribution in [0.25, 0.3) is 0 Å². The summed E-state index contributed by atoms with van der Waals surface area (Å²) in [6.07, 6.45) is 5.46. The molecule has 23 heavy (non-hydrogen) atoms. The third kappa shape index (κ3) is 5.18. The number of benzene rings is 1. The van der Waals surface area contributed by atoms with Crippen molar-refractivity contribution in [1.82, 2.24) is 15.2 Å². The summed E-state index contributed by atoms with van der Waals surface area (Å²) in [5.41, 5.74) is 3.44. The molecule has 2 rings (SSSR count). The number of carbonyl (C=O) groups excluding carboxylic acids is 1. The predicted molar refractivity (Wildman–Crippen MR) is 93.2 cm³/mol. The fourth-order valence-electron chi connectivity index (χ4n) is 2.67. The molecule has 1 atom stereocenters. The van der Waals surface area contributed by atoms with Crippen molar-refractivity contribution in [3.8, 4) is 0 Å². The van der Waals surface area contributed by atoms with Crippen LogP contribution in [0.4, 0.5) is 0 Å². The van der Waals surface area contributed by atoms with E-state index in [0.29, 0.717) is 6.54 Å². The van der Waals surface area contributed by atoms with Crippen LogP contribution in [0.15, 0.2) is 48.8 Å². The summed E-state index contributed by atoms with van der Waals surface area (Å²) in [6.45, 7) is 2.72. The van der Waals surface area contributed by atoms with Crippen LogP contribution in [0.1, 0.15) is 29.2 Å². The molecule has 122 valence electrons. The Hall–Kier alpha value is -2.20. The number of hydrogen-bond donors (Lipinski definition) is 1. The van der Waals surface area contributed by atoms with Crippen molar-refractivity contribution >= 4 is 5.91 Å². The minimum Gasteiger partial charge on any atom is -0.354 e. The molecule has 0 fully saturated rings. The SMILES string of the molecule is Cc1cccc([C@@H](C(=O)NCCCc2ccncc2)N(C)C)c1. The molecule has 1 aromatic carbocycles. The number of aryl methyl sites for hydroxylation is 2. The van der Waals surface area contributed by atoms with Gasteiger partial charge < -0.3 is 5.32 Å². The van der Waals surface area contributed by atoms with Crippen molar-refractivity contribution in [2.45, 2.75) is 25.8 Å². The number of hydrogen-bond acceptors (Lipinski definition) is 3. The molecule has 0 saturated heterocycles. The van der Waals surface area contributed by atoms with Crippen molar-refractivity contribution in [2.24, 2.45) is 0 Å². The lowest BCUT2D eigenvalue weighted by molar-refractivity contribution is -0.125. The normalized spacial score (nSPS) is 12.2. The van der Waals surface area contributed by atoms with E-state index in [4.69, 9.17) is 0 Å². The lowest BCUT2D eigenvalue weighted by Crippen LogP contribution is -2.37. The van der Waals surface area contributed by atoms with Gasteiger partial charge in [-0.15, -0.1) is 0 Å². The molecule has 2 aromatic rings. The smallest absolute Gasteiger partial charge is 0.241 e. The minimum atomic E-state index is -0.254. The second kappa shape index (κ2) is 8.44. The number of likely N-dealkylation sites (N-methyl/N-ethyl adjacent to an activating group) is 1. The summed E-state index contributed by atoms with van der Waals surface area (Å²) >= 11 is 0. The van der Waals surface area contributed by atoms with Gasteiger partial charge in [0.15, 0.2) is 0 Å². The van der Waals surface area contributed by atoms with Gasteiger partial charge in [-0.25, -0.2) is 0 Å². The van der Waals surface area contributed by atoms with E-state index in [1.807, 2.05) is 56.3 Å². The van der Waals surface area contributed by atoms with E-state index in [1.165, 1.54) is 11.1 Å². The van der Waals surface area contributed by atoms with Crippen molar-refractivity contribution in [3.05, 3.63) is 65.5 Å². The molecule has 0 aliphatic rings. The highest BCUT2D eigenvalue weighted by atomic mass is 16.2. The maximum atomic E-state index is 12.5. The molecule has 0 spiro atoms. The zero-order chi connectivity index (χ0) is 16.7. The minimum absolute atomic E-state index is 0.0512. The Kier molecular flexibility index (Phi) is 6.29. The summed E-state index contributed by atoms with van der Waals surface area (Å²) in [5, 5.41) is 3.06. The Bertz CT molecular complexity index is 626. The van der Waals surface area contributed by atoms with Gasteiger partial charge in [0.25, 0.3) is 0 Å². The fraction of sp³-hybridized carbons (Fsp3) is 0.368. The summed E-state index contributed by atoms with van der Waals surface area (Å²) in [5.74, 6) is 0.0512. The number of pyridine rings is 1. The molecule has 4 nitrogen and oxygen atoms in total. The Morgan fingerprint density at radius 1 is 1.22 bits per heavy atom. The van der Waals surface area contributed by atoms with Gasteiger partial charge in [-0.05, 0) is 57.1 Å². The molecule has 1 aromatic heterocycles. The number of amides is 1. The molecule has 0 unspecified atom stereocenters. The van der Waals surface area contributed by atoms with E-state index in [9.17, 15) is 4.79 Å². The van der Waals surface area contributed by atoms with E-state index < -0.39 is 0 Å². The summed E-state index contributed by atoms with van der Waals surface area (Å²) < 4.78 is 0. The maximum absolute atomic E-state index is 12.5. The van der Waals surface area contributed by atoms with Gasteiger partial charge in [0.05, 0.1) is 0 Å². The highest BCUT2D eigenvalue weighted by Gasteiger charge is 2.22. The first-order chi connectivity index (χ1) is 11.1. The quantitative estimate of drug-likeness (QED) is 0.800.